The molecule has 1 aliphatic carbocycles. The summed E-state index contributed by atoms with van der Waals surface area (Å²) in [6, 6.07) is 9.01. The number of halogens is 1. The van der Waals surface area contributed by atoms with E-state index in [1.165, 1.54) is 43.5 Å². The first-order valence-electron chi connectivity index (χ1n) is 11.8. The third kappa shape index (κ3) is 4.92. The molecule has 172 valence electrons. The Bertz CT molecular complexity index is 1080. The lowest BCUT2D eigenvalue weighted by atomic mass is 9.98. The second kappa shape index (κ2) is 9.33. The van der Waals surface area contributed by atoms with E-state index < -0.39 is 0 Å². The molecule has 0 bridgehead atoms. The van der Waals surface area contributed by atoms with E-state index in [-0.39, 0.29) is 17.8 Å². The first-order chi connectivity index (χ1) is 16.0. The zero-order valence-electron chi connectivity index (χ0n) is 18.7. The number of pyridine rings is 1. The van der Waals surface area contributed by atoms with Crippen LogP contribution in [-0.2, 0) is 17.9 Å². The van der Waals surface area contributed by atoms with Gasteiger partial charge in [0.15, 0.2) is 0 Å². The molecule has 0 saturated heterocycles. The molecule has 3 amide bonds. The molecular formula is C26H29FN4O2. The van der Waals surface area contributed by atoms with Crippen LogP contribution in [-0.4, -0.2) is 39.8 Å². The molecule has 0 spiro atoms. The fourth-order valence-electron chi connectivity index (χ4n) is 5.09. The van der Waals surface area contributed by atoms with Gasteiger partial charge in [-0.2, -0.15) is 0 Å². The van der Waals surface area contributed by atoms with Gasteiger partial charge in [-0.3, -0.25) is 9.78 Å². The Balaban J connectivity index is 1.14. The maximum atomic E-state index is 13.4. The van der Waals surface area contributed by atoms with Crippen molar-refractivity contribution in [1.82, 2.24) is 14.8 Å². The minimum Gasteiger partial charge on any atom is -0.339 e. The number of benzene rings is 1. The molecular weight excluding hydrogens is 419 g/mol. The Morgan fingerprint density at radius 1 is 1.09 bits per heavy atom. The summed E-state index contributed by atoms with van der Waals surface area (Å²) in [6.07, 6.45) is 9.80. The lowest BCUT2D eigenvalue weighted by molar-refractivity contribution is -0.131. The van der Waals surface area contributed by atoms with Crippen molar-refractivity contribution in [3.05, 3.63) is 65.2 Å². The number of urea groups is 1. The fourth-order valence-corrected chi connectivity index (χ4v) is 5.09. The third-order valence-electron chi connectivity index (χ3n) is 7.02. The van der Waals surface area contributed by atoms with Gasteiger partial charge in [-0.05, 0) is 60.1 Å². The fraction of sp³-hybridized carbons (Fsp3) is 0.423. The number of carbonyl (C=O) groups excluding carboxylic acids is 2. The van der Waals surface area contributed by atoms with Crippen molar-refractivity contribution in [2.45, 2.75) is 51.6 Å². The van der Waals surface area contributed by atoms with Crippen molar-refractivity contribution in [1.29, 1.82) is 0 Å². The Hall–Kier alpha value is -3.22. The van der Waals surface area contributed by atoms with E-state index in [0.717, 1.165) is 29.8 Å². The maximum absolute atomic E-state index is 13.4. The van der Waals surface area contributed by atoms with Gasteiger partial charge in [0.25, 0.3) is 0 Å². The smallest absolute Gasteiger partial charge is 0.322 e. The number of hydrogen-bond acceptors (Lipinski definition) is 3. The highest BCUT2D eigenvalue weighted by Crippen LogP contribution is 2.30. The van der Waals surface area contributed by atoms with Crippen LogP contribution in [0, 0.1) is 11.7 Å². The van der Waals surface area contributed by atoms with E-state index in [9.17, 15) is 14.0 Å². The van der Waals surface area contributed by atoms with Gasteiger partial charge in [0, 0.05) is 31.7 Å². The van der Waals surface area contributed by atoms with E-state index in [1.807, 2.05) is 29.2 Å². The molecule has 0 radical (unpaired) electrons. The van der Waals surface area contributed by atoms with Crippen LogP contribution in [0.25, 0.3) is 5.57 Å². The number of carbonyl (C=O) groups is 2. The average molecular weight is 449 g/mol. The molecule has 3 heterocycles. The number of aromatic nitrogens is 1. The number of fused-ring (bicyclic) bond motifs is 1. The largest absolute Gasteiger partial charge is 0.339 e. The van der Waals surface area contributed by atoms with Crippen LogP contribution >= 0.6 is 0 Å². The molecule has 33 heavy (non-hydrogen) atoms. The second-order valence-electron chi connectivity index (χ2n) is 9.30. The lowest BCUT2D eigenvalue weighted by Crippen LogP contribution is -2.35. The minimum atomic E-state index is -0.384. The monoisotopic (exact) mass is 448 g/mol. The van der Waals surface area contributed by atoms with Crippen LogP contribution in [0.5, 0.6) is 0 Å². The van der Waals surface area contributed by atoms with E-state index in [2.05, 4.69) is 16.4 Å². The summed E-state index contributed by atoms with van der Waals surface area (Å²) in [5.74, 6) is 0.486. The normalized spacial score (nSPS) is 18.3. The molecule has 0 atom stereocenters. The Morgan fingerprint density at radius 2 is 1.88 bits per heavy atom. The van der Waals surface area contributed by atoms with Crippen LogP contribution in [0.2, 0.25) is 0 Å². The van der Waals surface area contributed by atoms with E-state index in [0.29, 0.717) is 37.7 Å². The maximum Gasteiger partial charge on any atom is 0.322 e. The molecule has 1 aromatic heterocycles. The molecule has 1 aromatic carbocycles. The van der Waals surface area contributed by atoms with Gasteiger partial charge in [0.1, 0.15) is 5.82 Å². The Kier molecular flexibility index (Phi) is 6.11. The summed E-state index contributed by atoms with van der Waals surface area (Å²) >= 11 is 0. The zero-order valence-corrected chi connectivity index (χ0v) is 18.7. The lowest BCUT2D eigenvalue weighted by Gasteiger charge is -2.28. The van der Waals surface area contributed by atoms with Gasteiger partial charge >= 0.3 is 6.03 Å². The molecule has 2 aliphatic heterocycles. The number of anilines is 1. The molecule has 1 N–H and O–H groups in total. The quantitative estimate of drug-likeness (QED) is 0.719. The van der Waals surface area contributed by atoms with Crippen molar-refractivity contribution < 1.29 is 14.0 Å². The molecule has 1 fully saturated rings. The molecule has 7 heteroatoms. The minimum absolute atomic E-state index is 0.227. The van der Waals surface area contributed by atoms with Gasteiger partial charge in [0.05, 0.1) is 18.4 Å². The predicted octanol–water partition coefficient (Wildman–Crippen LogP) is 4.96. The topological polar surface area (TPSA) is 65.5 Å². The van der Waals surface area contributed by atoms with Crippen molar-refractivity contribution in [2.75, 3.05) is 18.4 Å². The first-order valence-corrected chi connectivity index (χ1v) is 11.8. The van der Waals surface area contributed by atoms with E-state index in [4.69, 9.17) is 0 Å². The van der Waals surface area contributed by atoms with Crippen LogP contribution in [0.1, 0.15) is 55.3 Å². The number of nitrogens with one attached hydrogen (secondary N) is 1. The van der Waals surface area contributed by atoms with Crippen molar-refractivity contribution in [3.8, 4) is 0 Å². The Labute approximate surface area is 193 Å². The van der Waals surface area contributed by atoms with Crippen LogP contribution in [0.4, 0.5) is 14.9 Å². The summed E-state index contributed by atoms with van der Waals surface area (Å²) < 4.78 is 13.4. The molecule has 1 saturated carbocycles. The van der Waals surface area contributed by atoms with Gasteiger partial charge in [-0.15, -0.1) is 0 Å². The van der Waals surface area contributed by atoms with Gasteiger partial charge in [-0.25, -0.2) is 9.18 Å². The first kappa shape index (κ1) is 21.6. The highest BCUT2D eigenvalue weighted by atomic mass is 19.1. The molecule has 2 aromatic rings. The van der Waals surface area contributed by atoms with E-state index >= 15 is 0 Å². The third-order valence-corrected chi connectivity index (χ3v) is 7.02. The Morgan fingerprint density at radius 3 is 2.61 bits per heavy atom. The molecule has 6 nitrogen and oxygen atoms in total. The summed E-state index contributed by atoms with van der Waals surface area (Å²) in [6.45, 7) is 2.17. The van der Waals surface area contributed by atoms with Crippen molar-refractivity contribution in [3.63, 3.8) is 0 Å². The van der Waals surface area contributed by atoms with Crippen LogP contribution in [0.15, 0.2) is 42.6 Å². The van der Waals surface area contributed by atoms with Gasteiger partial charge < -0.3 is 15.1 Å². The van der Waals surface area contributed by atoms with Crippen molar-refractivity contribution >= 4 is 23.2 Å². The SMILES string of the molecule is O=C(CC1CCCC1)N1CC=C(c2ccc(NC(=O)N3Cc4cc(F)cnc4C3)cc2)CC1. The zero-order chi connectivity index (χ0) is 22.8. The number of rotatable bonds is 4. The van der Waals surface area contributed by atoms with Crippen LogP contribution < -0.4 is 5.32 Å². The standard InChI is InChI=1S/C26H29FN4O2/c27-22-14-21-16-31(17-24(21)28-15-22)26(33)29-23-7-5-19(6-8-23)20-9-11-30(12-10-20)25(32)13-18-3-1-2-4-18/h5-9,14-15,18H,1-4,10-13,16-17H2,(H,29,33). The molecule has 3 aliphatic rings. The van der Waals surface area contributed by atoms with Crippen molar-refractivity contribution in [2.24, 2.45) is 5.92 Å². The van der Waals surface area contributed by atoms with Gasteiger partial charge in [0.2, 0.25) is 5.91 Å². The number of hydrogen-bond donors (Lipinski definition) is 1. The summed E-state index contributed by atoms with van der Waals surface area (Å²) in [4.78, 5) is 32.9. The van der Waals surface area contributed by atoms with Gasteiger partial charge in [-0.1, -0.05) is 31.1 Å². The highest BCUT2D eigenvalue weighted by molar-refractivity contribution is 5.90. The summed E-state index contributed by atoms with van der Waals surface area (Å²) in [7, 11) is 0. The second-order valence-corrected chi connectivity index (χ2v) is 9.30. The summed E-state index contributed by atoms with van der Waals surface area (Å²) in [5, 5.41) is 2.91. The average Bonchev–Trinajstić information content (AvgIpc) is 3.49. The van der Waals surface area contributed by atoms with E-state index in [1.54, 1.807) is 4.90 Å². The molecule has 5 rings (SSSR count). The number of nitrogens with zero attached hydrogens (tertiary/aromatic N) is 3. The number of amides is 3. The predicted molar refractivity (Wildman–Crippen MR) is 125 cm³/mol. The molecule has 0 unspecified atom stereocenters. The summed E-state index contributed by atoms with van der Waals surface area (Å²) in [5.41, 5.74) is 4.55. The van der Waals surface area contributed by atoms with Crippen LogP contribution in [0.3, 0.4) is 0 Å². The highest BCUT2D eigenvalue weighted by Gasteiger charge is 2.25.